The number of aryl methyl sites for hydroxylation is 1. The number of benzene rings is 2. The van der Waals surface area contributed by atoms with Gasteiger partial charge in [0.1, 0.15) is 12.1 Å². The van der Waals surface area contributed by atoms with Gasteiger partial charge >= 0.3 is 18.1 Å². The monoisotopic (exact) mass is 511 g/mol. The molecule has 0 unspecified atom stereocenters. The molecule has 200 valence electrons. The van der Waals surface area contributed by atoms with Crippen molar-refractivity contribution in [3.63, 3.8) is 0 Å². The van der Waals surface area contributed by atoms with Gasteiger partial charge in [0.2, 0.25) is 0 Å². The molecule has 6 nitrogen and oxygen atoms in total. The second-order valence-corrected chi connectivity index (χ2v) is 8.52. The topological polar surface area (TPSA) is 98.9 Å². The fourth-order valence-corrected chi connectivity index (χ4v) is 3.56. The van der Waals surface area contributed by atoms with E-state index in [0.29, 0.717) is 6.61 Å². The summed E-state index contributed by atoms with van der Waals surface area (Å²) in [7, 11) is 0. The van der Waals surface area contributed by atoms with E-state index in [0.717, 1.165) is 25.7 Å². The highest BCUT2D eigenvalue weighted by atomic mass is 19.4. The molecule has 0 heterocycles. The van der Waals surface area contributed by atoms with E-state index in [1.54, 1.807) is 6.92 Å². The summed E-state index contributed by atoms with van der Waals surface area (Å²) >= 11 is 0. The van der Waals surface area contributed by atoms with E-state index >= 15 is 0 Å². The van der Waals surface area contributed by atoms with Gasteiger partial charge in [-0.2, -0.15) is 13.2 Å². The molecule has 0 bridgehead atoms. The number of carboxylic acids is 1. The van der Waals surface area contributed by atoms with Crippen LogP contribution in [0.5, 0.6) is 0 Å². The molecule has 0 saturated heterocycles. The maximum atomic E-state index is 12.0. The first-order valence-corrected chi connectivity index (χ1v) is 11.9. The number of hydrogen-bond donors (Lipinski definition) is 2. The fraction of sp³-hybridized carbons (Fsp3) is 0.481. The Labute approximate surface area is 210 Å². The van der Waals surface area contributed by atoms with Gasteiger partial charge in [-0.15, -0.1) is 0 Å². The van der Waals surface area contributed by atoms with Crippen LogP contribution in [0.15, 0.2) is 60.7 Å². The summed E-state index contributed by atoms with van der Waals surface area (Å²) in [6, 6.07) is 20.2. The molecule has 4 atom stereocenters. The Kier molecular flexibility index (Phi) is 13.8. The smallest absolute Gasteiger partial charge is 0.475 e. The summed E-state index contributed by atoms with van der Waals surface area (Å²) in [5, 5.41) is 7.12. The second kappa shape index (κ2) is 16.0. The number of esters is 1. The lowest BCUT2D eigenvalue weighted by atomic mass is 9.89. The van der Waals surface area contributed by atoms with Crippen molar-refractivity contribution in [2.24, 2.45) is 11.7 Å². The number of ether oxygens (including phenoxy) is 2. The summed E-state index contributed by atoms with van der Waals surface area (Å²) in [6.45, 7) is 6.35. The summed E-state index contributed by atoms with van der Waals surface area (Å²) in [5.41, 5.74) is 8.26. The van der Waals surface area contributed by atoms with Gasteiger partial charge in [0.25, 0.3) is 0 Å². The SMILES string of the molecule is CC[C@H](Cc1ccccc1)[C@@H](OCCCc1ccccc1)[C@H](C)OC(=O)[C@H](C)N.O=C(O)C(F)(F)F. The predicted molar refractivity (Wildman–Crippen MR) is 131 cm³/mol. The van der Waals surface area contributed by atoms with Crippen LogP contribution in [0, 0.1) is 5.92 Å². The first-order valence-electron chi connectivity index (χ1n) is 11.9. The van der Waals surface area contributed by atoms with E-state index in [1.165, 1.54) is 11.1 Å². The lowest BCUT2D eigenvalue weighted by Crippen LogP contribution is -2.41. The normalized spacial score (nSPS) is 14.5. The van der Waals surface area contributed by atoms with Gasteiger partial charge in [-0.05, 0) is 50.2 Å². The Balaban J connectivity index is 0.000000809. The zero-order valence-corrected chi connectivity index (χ0v) is 20.9. The van der Waals surface area contributed by atoms with Crippen molar-refractivity contribution < 1.29 is 37.3 Å². The van der Waals surface area contributed by atoms with Crippen molar-refractivity contribution in [2.75, 3.05) is 6.61 Å². The third-order valence-electron chi connectivity index (χ3n) is 5.47. The molecular formula is C27H36F3NO5. The van der Waals surface area contributed by atoms with Crippen LogP contribution in [0.1, 0.15) is 44.7 Å². The molecule has 9 heteroatoms. The number of carboxylic acid groups (broad SMARTS) is 1. The van der Waals surface area contributed by atoms with Gasteiger partial charge in [-0.3, -0.25) is 4.79 Å². The molecule has 2 aromatic rings. The molecular weight excluding hydrogens is 475 g/mol. The van der Waals surface area contributed by atoms with Crippen molar-refractivity contribution in [3.05, 3.63) is 71.8 Å². The van der Waals surface area contributed by atoms with Crippen LogP contribution in [0.4, 0.5) is 13.2 Å². The fourth-order valence-electron chi connectivity index (χ4n) is 3.56. The van der Waals surface area contributed by atoms with Crippen molar-refractivity contribution in [1.82, 2.24) is 0 Å². The zero-order chi connectivity index (χ0) is 27.1. The molecule has 0 aliphatic rings. The highest BCUT2D eigenvalue weighted by molar-refractivity contribution is 5.75. The zero-order valence-electron chi connectivity index (χ0n) is 20.9. The Morgan fingerprint density at radius 1 is 0.972 bits per heavy atom. The van der Waals surface area contributed by atoms with E-state index in [4.69, 9.17) is 25.1 Å². The molecule has 2 rings (SSSR count). The molecule has 0 radical (unpaired) electrons. The molecule has 3 N–H and O–H groups in total. The van der Waals surface area contributed by atoms with Gasteiger partial charge < -0.3 is 20.3 Å². The molecule has 0 aromatic heterocycles. The van der Waals surface area contributed by atoms with Crippen molar-refractivity contribution in [2.45, 2.75) is 70.9 Å². The molecule has 36 heavy (non-hydrogen) atoms. The van der Waals surface area contributed by atoms with E-state index in [1.807, 2.05) is 19.1 Å². The Bertz CT molecular complexity index is 891. The largest absolute Gasteiger partial charge is 0.490 e. The number of carbonyl (C=O) groups excluding carboxylic acids is 1. The second-order valence-electron chi connectivity index (χ2n) is 8.52. The Morgan fingerprint density at radius 3 is 1.92 bits per heavy atom. The van der Waals surface area contributed by atoms with Crippen molar-refractivity contribution in [1.29, 1.82) is 0 Å². The standard InChI is InChI=1S/C25H35NO3.C2HF3O2/c1-4-23(18-22-14-9-6-10-15-22)24(20(3)29-25(27)19(2)26)28-17-11-16-21-12-7-5-8-13-21;3-2(4,5)1(6)7/h5-10,12-15,19-20,23-24H,4,11,16-18,26H2,1-3H3;(H,6,7)/t19-,20-,23+,24-;/m0./s1. The number of carbonyl (C=O) groups is 2. The minimum atomic E-state index is -5.08. The van der Waals surface area contributed by atoms with E-state index in [9.17, 15) is 18.0 Å². The molecule has 0 fully saturated rings. The molecule has 0 amide bonds. The number of rotatable bonds is 12. The highest BCUT2D eigenvalue weighted by Gasteiger charge is 2.38. The van der Waals surface area contributed by atoms with Crippen LogP contribution in [0.3, 0.4) is 0 Å². The van der Waals surface area contributed by atoms with Crippen LogP contribution < -0.4 is 5.73 Å². The summed E-state index contributed by atoms with van der Waals surface area (Å²) < 4.78 is 43.7. The first-order chi connectivity index (χ1) is 17.0. The van der Waals surface area contributed by atoms with Crippen LogP contribution in [0.25, 0.3) is 0 Å². The number of nitrogens with two attached hydrogens (primary N) is 1. The third kappa shape index (κ3) is 12.2. The lowest BCUT2D eigenvalue weighted by Gasteiger charge is -2.31. The van der Waals surface area contributed by atoms with Crippen LogP contribution >= 0.6 is 0 Å². The molecule has 0 saturated carbocycles. The predicted octanol–water partition coefficient (Wildman–Crippen LogP) is 5.19. The molecule has 0 spiro atoms. The molecule has 0 aliphatic heterocycles. The Hall–Kier alpha value is -2.91. The maximum absolute atomic E-state index is 12.0. The van der Waals surface area contributed by atoms with E-state index in [2.05, 4.69) is 55.5 Å². The van der Waals surface area contributed by atoms with Crippen LogP contribution in [-0.4, -0.2) is 48.1 Å². The first kappa shape index (κ1) is 31.1. The quantitative estimate of drug-likeness (QED) is 0.301. The van der Waals surface area contributed by atoms with Gasteiger partial charge in [-0.25, -0.2) is 4.79 Å². The number of hydrogen-bond acceptors (Lipinski definition) is 5. The van der Waals surface area contributed by atoms with Crippen molar-refractivity contribution in [3.8, 4) is 0 Å². The van der Waals surface area contributed by atoms with Crippen molar-refractivity contribution >= 4 is 11.9 Å². The lowest BCUT2D eigenvalue weighted by molar-refractivity contribution is -0.192. The minimum absolute atomic E-state index is 0.168. The van der Waals surface area contributed by atoms with Crippen LogP contribution in [0.2, 0.25) is 0 Å². The summed E-state index contributed by atoms with van der Waals surface area (Å²) in [6.07, 6.45) is -1.87. The summed E-state index contributed by atoms with van der Waals surface area (Å²) in [5.74, 6) is -2.89. The molecule has 0 aliphatic carbocycles. The van der Waals surface area contributed by atoms with Gasteiger partial charge in [-0.1, -0.05) is 74.0 Å². The Morgan fingerprint density at radius 2 is 1.47 bits per heavy atom. The number of halogens is 3. The highest BCUT2D eigenvalue weighted by Crippen LogP contribution is 2.23. The molecule has 2 aromatic carbocycles. The average molecular weight is 512 g/mol. The van der Waals surface area contributed by atoms with Gasteiger partial charge in [0.05, 0.1) is 6.10 Å². The minimum Gasteiger partial charge on any atom is -0.475 e. The van der Waals surface area contributed by atoms with E-state index < -0.39 is 18.2 Å². The average Bonchev–Trinajstić information content (AvgIpc) is 2.83. The van der Waals surface area contributed by atoms with Gasteiger partial charge in [0, 0.05) is 6.61 Å². The number of alkyl halides is 3. The van der Waals surface area contributed by atoms with Gasteiger partial charge in [0.15, 0.2) is 0 Å². The van der Waals surface area contributed by atoms with Crippen LogP contribution in [-0.2, 0) is 31.9 Å². The van der Waals surface area contributed by atoms with E-state index in [-0.39, 0.29) is 24.1 Å². The number of aliphatic carboxylic acids is 1. The maximum Gasteiger partial charge on any atom is 0.490 e. The summed E-state index contributed by atoms with van der Waals surface area (Å²) in [4.78, 5) is 20.9. The third-order valence-corrected chi connectivity index (χ3v) is 5.47.